The minimum Gasteiger partial charge on any atom is -0.454 e. The average molecular weight is 857 g/mol. The Morgan fingerprint density at radius 3 is 1.62 bits per heavy atom. The number of aryl methyl sites for hydroxylation is 2. The van der Waals surface area contributed by atoms with E-state index in [1.807, 2.05) is 0 Å². The maximum absolute atomic E-state index is 7.18. The molecule has 3 nitrogen and oxygen atoms in total. The summed E-state index contributed by atoms with van der Waals surface area (Å²) in [6.45, 7) is 36.2. The molecule has 0 bridgehead atoms. The largest absolute Gasteiger partial charge is 0.454 e. The van der Waals surface area contributed by atoms with Crippen LogP contribution in [0, 0.1) is 13.8 Å². The summed E-state index contributed by atoms with van der Waals surface area (Å²) in [5.41, 5.74) is 25.0. The summed E-state index contributed by atoms with van der Waals surface area (Å²) in [6, 6.07) is 36.3. The van der Waals surface area contributed by atoms with Crippen molar-refractivity contribution in [1.82, 2.24) is 0 Å². The summed E-state index contributed by atoms with van der Waals surface area (Å²) in [5, 5.41) is 2.33. The molecule has 0 spiro atoms. The van der Waals surface area contributed by atoms with Gasteiger partial charge in [0.2, 0.25) is 0 Å². The van der Waals surface area contributed by atoms with Gasteiger partial charge in [0.1, 0.15) is 5.58 Å². The third-order valence-electron chi connectivity index (χ3n) is 17.0. The number of hydrogen-bond acceptors (Lipinski definition) is 3. The first-order valence-electron chi connectivity index (χ1n) is 24.7. The molecule has 0 radical (unpaired) electrons. The second-order valence-electron chi connectivity index (χ2n) is 24.6. The van der Waals surface area contributed by atoms with Gasteiger partial charge in [-0.3, -0.25) is 0 Å². The SMILES string of the molecule is Cc1cc2c(cc1N1c3ccc(C(C)C)cc3B3c4ccc5c(oc6ccccc65)c4N(c4cc5c(cc4C)C(C)(C)CCC5(C)C)c4cc(C(C)(C)C)cc1c43)C(C)(C)CCC2(C)C. The van der Waals surface area contributed by atoms with Crippen molar-refractivity contribution in [3.05, 3.63) is 136 Å². The van der Waals surface area contributed by atoms with Crippen LogP contribution in [-0.4, -0.2) is 6.71 Å². The van der Waals surface area contributed by atoms with Crippen molar-refractivity contribution in [2.75, 3.05) is 9.80 Å². The molecular formula is C61H69BN2O. The summed E-state index contributed by atoms with van der Waals surface area (Å²) in [6.07, 6.45) is 4.72. The van der Waals surface area contributed by atoms with E-state index in [2.05, 4.69) is 205 Å². The zero-order valence-electron chi connectivity index (χ0n) is 41.9. The van der Waals surface area contributed by atoms with Crippen molar-refractivity contribution in [3.8, 4) is 0 Å². The second kappa shape index (κ2) is 13.7. The molecule has 2 aliphatic heterocycles. The van der Waals surface area contributed by atoms with Gasteiger partial charge in [-0.1, -0.05) is 145 Å². The van der Waals surface area contributed by atoms with Gasteiger partial charge in [-0.15, -0.1) is 0 Å². The Bertz CT molecular complexity index is 3170. The van der Waals surface area contributed by atoms with E-state index in [0.29, 0.717) is 5.92 Å². The Morgan fingerprint density at radius 1 is 0.538 bits per heavy atom. The van der Waals surface area contributed by atoms with E-state index in [1.165, 1.54) is 120 Å². The van der Waals surface area contributed by atoms with Crippen molar-refractivity contribution >= 4 is 79.2 Å². The first-order chi connectivity index (χ1) is 30.5. The number of rotatable bonds is 3. The van der Waals surface area contributed by atoms with Gasteiger partial charge in [0, 0.05) is 39.2 Å². The molecular weight excluding hydrogens is 787 g/mol. The van der Waals surface area contributed by atoms with Gasteiger partial charge in [-0.2, -0.15) is 0 Å². The molecule has 4 aliphatic rings. The zero-order chi connectivity index (χ0) is 46.1. The fourth-order valence-electron chi connectivity index (χ4n) is 12.5. The van der Waals surface area contributed by atoms with Crippen LogP contribution in [0.4, 0.5) is 34.1 Å². The average Bonchev–Trinajstić information content (AvgIpc) is 3.63. The number of benzene rings is 6. The molecule has 7 aromatic rings. The van der Waals surface area contributed by atoms with Crippen LogP contribution in [0.2, 0.25) is 0 Å². The predicted octanol–water partition coefficient (Wildman–Crippen LogP) is 15.4. The van der Waals surface area contributed by atoms with Crippen LogP contribution < -0.4 is 26.2 Å². The van der Waals surface area contributed by atoms with E-state index in [9.17, 15) is 0 Å². The van der Waals surface area contributed by atoms with Crippen LogP contribution >= 0.6 is 0 Å². The first-order valence-corrected chi connectivity index (χ1v) is 24.7. The van der Waals surface area contributed by atoms with Crippen LogP contribution in [0.25, 0.3) is 21.9 Å². The molecule has 0 unspecified atom stereocenters. The Kier molecular flexibility index (Phi) is 8.93. The number of nitrogens with zero attached hydrogens (tertiary/aromatic N) is 2. The Morgan fingerprint density at radius 2 is 1.06 bits per heavy atom. The number of hydrogen-bond donors (Lipinski definition) is 0. The Balaban J connectivity index is 1.30. The van der Waals surface area contributed by atoms with E-state index < -0.39 is 0 Å². The standard InChI is InChI=1S/C61H69BN2O/c1-35(2)38-20-23-48-47(30-38)62-46-22-21-41-40-18-16-17-19-53(40)65-56(41)55(46)64(50-34-45-43(29-37(50)4)59(10,11)25-27-61(45,14)15)52-32-39(57(5,6)7)31-51(54(52)62)63(48)49-33-44-42(28-36(49)3)58(8,9)24-26-60(44,12)13/h16-23,28-35H,24-27H2,1-15H3. The highest BCUT2D eigenvalue weighted by Gasteiger charge is 2.48. The van der Waals surface area contributed by atoms with Crippen LogP contribution in [0.15, 0.2) is 95.4 Å². The number of fused-ring (bicyclic) bond motifs is 10. The third-order valence-corrected chi connectivity index (χ3v) is 17.0. The lowest BCUT2D eigenvalue weighted by Gasteiger charge is -2.47. The van der Waals surface area contributed by atoms with Crippen molar-refractivity contribution in [2.24, 2.45) is 0 Å². The summed E-state index contributed by atoms with van der Waals surface area (Å²) in [5.74, 6) is 0.384. The summed E-state index contributed by atoms with van der Waals surface area (Å²) >= 11 is 0. The van der Waals surface area contributed by atoms with Crippen LogP contribution in [0.5, 0.6) is 0 Å². The van der Waals surface area contributed by atoms with Crippen molar-refractivity contribution < 1.29 is 4.42 Å². The van der Waals surface area contributed by atoms with Gasteiger partial charge in [0.25, 0.3) is 6.71 Å². The molecule has 1 aromatic heterocycles. The molecule has 3 heterocycles. The lowest BCUT2D eigenvalue weighted by molar-refractivity contribution is 0.332. The lowest BCUT2D eigenvalue weighted by atomic mass is 9.33. The molecule has 0 saturated carbocycles. The highest BCUT2D eigenvalue weighted by atomic mass is 16.3. The molecule has 0 amide bonds. The third kappa shape index (κ3) is 6.13. The fourth-order valence-corrected chi connectivity index (χ4v) is 12.5. The van der Waals surface area contributed by atoms with Crippen molar-refractivity contribution in [3.63, 3.8) is 0 Å². The number of anilines is 6. The van der Waals surface area contributed by atoms with E-state index in [-0.39, 0.29) is 33.8 Å². The molecule has 0 atom stereocenters. The topological polar surface area (TPSA) is 19.6 Å². The molecule has 11 rings (SSSR count). The summed E-state index contributed by atoms with van der Waals surface area (Å²) in [4.78, 5) is 5.35. The minimum absolute atomic E-state index is 0.00977. The van der Waals surface area contributed by atoms with Gasteiger partial charge in [-0.25, -0.2) is 0 Å². The van der Waals surface area contributed by atoms with E-state index in [4.69, 9.17) is 4.42 Å². The molecule has 6 aromatic carbocycles. The van der Waals surface area contributed by atoms with Gasteiger partial charge < -0.3 is 14.2 Å². The summed E-state index contributed by atoms with van der Waals surface area (Å²) in [7, 11) is 0. The lowest BCUT2D eigenvalue weighted by Crippen LogP contribution is -2.61. The molecule has 332 valence electrons. The van der Waals surface area contributed by atoms with Gasteiger partial charge in [0.15, 0.2) is 5.58 Å². The zero-order valence-corrected chi connectivity index (χ0v) is 41.9. The van der Waals surface area contributed by atoms with Gasteiger partial charge in [-0.05, 0) is 170 Å². The Hall–Kier alpha value is -5.22. The minimum atomic E-state index is -0.125. The van der Waals surface area contributed by atoms with Gasteiger partial charge >= 0.3 is 0 Å². The highest BCUT2D eigenvalue weighted by Crippen LogP contribution is 2.54. The number of para-hydroxylation sites is 1. The predicted molar refractivity (Wildman–Crippen MR) is 281 cm³/mol. The molecule has 65 heavy (non-hydrogen) atoms. The van der Waals surface area contributed by atoms with Gasteiger partial charge in [0.05, 0.1) is 5.69 Å². The molecule has 0 fully saturated rings. The molecule has 2 aliphatic carbocycles. The van der Waals surface area contributed by atoms with E-state index in [0.717, 1.165) is 23.0 Å². The fraction of sp³-hybridized carbons (Fsp3) is 0.410. The number of furan rings is 1. The monoisotopic (exact) mass is 857 g/mol. The van der Waals surface area contributed by atoms with Crippen LogP contribution in [0.1, 0.15) is 166 Å². The molecule has 4 heteroatoms. The van der Waals surface area contributed by atoms with E-state index in [1.54, 1.807) is 0 Å². The maximum atomic E-state index is 7.18. The normalized spacial score (nSPS) is 18.7. The van der Waals surface area contributed by atoms with Crippen LogP contribution in [-0.2, 0) is 27.1 Å². The van der Waals surface area contributed by atoms with E-state index >= 15 is 0 Å². The Labute approximate surface area is 389 Å². The van der Waals surface area contributed by atoms with Crippen molar-refractivity contribution in [1.29, 1.82) is 0 Å². The molecule has 0 N–H and O–H groups in total. The highest BCUT2D eigenvalue weighted by molar-refractivity contribution is 7.00. The summed E-state index contributed by atoms with van der Waals surface area (Å²) < 4.78 is 7.18. The van der Waals surface area contributed by atoms with Crippen molar-refractivity contribution in [2.45, 2.75) is 163 Å². The first kappa shape index (κ1) is 42.4. The smallest absolute Gasteiger partial charge is 0.252 e. The molecule has 0 saturated heterocycles. The quantitative estimate of drug-likeness (QED) is 0.165. The second-order valence-corrected chi connectivity index (χ2v) is 24.6. The maximum Gasteiger partial charge on any atom is 0.252 e. The van der Waals surface area contributed by atoms with Crippen LogP contribution in [0.3, 0.4) is 0 Å².